The molecule has 0 spiro atoms. The summed E-state index contributed by atoms with van der Waals surface area (Å²) in [5.74, 6) is 0.403. The van der Waals surface area contributed by atoms with Crippen molar-refractivity contribution in [3.63, 3.8) is 0 Å². The normalized spacial score (nSPS) is 18.3. The van der Waals surface area contributed by atoms with Crippen molar-refractivity contribution in [2.75, 3.05) is 19.7 Å². The van der Waals surface area contributed by atoms with Crippen molar-refractivity contribution in [3.8, 4) is 11.5 Å². The summed E-state index contributed by atoms with van der Waals surface area (Å²) in [5.41, 5.74) is 1.14. The fourth-order valence-corrected chi connectivity index (χ4v) is 3.19. The second-order valence-corrected chi connectivity index (χ2v) is 6.33. The standard InChI is InChI=1S/C19H23FN2O3/c1-3-24-19(23)14-7-6-10-22(11-14)12-17-13(2)25-18(21-17)15-8-4-5-9-16(15)20/h4-5,8-9,14H,3,6-7,10-12H2,1-2H3/t14-/m0/s1. The molecule has 0 aliphatic carbocycles. The number of aromatic nitrogens is 1. The number of carbonyl (C=O) groups excluding carboxylic acids is 1. The Balaban J connectivity index is 1.71. The van der Waals surface area contributed by atoms with Crippen molar-refractivity contribution in [2.45, 2.75) is 33.2 Å². The molecule has 2 aromatic rings. The lowest BCUT2D eigenvalue weighted by molar-refractivity contribution is -0.150. The fourth-order valence-electron chi connectivity index (χ4n) is 3.19. The van der Waals surface area contributed by atoms with Crippen LogP contribution in [0.5, 0.6) is 0 Å². The topological polar surface area (TPSA) is 55.6 Å². The minimum atomic E-state index is -0.351. The van der Waals surface area contributed by atoms with Gasteiger partial charge >= 0.3 is 5.97 Å². The van der Waals surface area contributed by atoms with Crippen LogP contribution in [0.25, 0.3) is 11.5 Å². The molecule has 1 aromatic carbocycles. The van der Waals surface area contributed by atoms with Crippen molar-refractivity contribution in [1.82, 2.24) is 9.88 Å². The number of esters is 1. The highest BCUT2D eigenvalue weighted by atomic mass is 19.1. The molecule has 1 saturated heterocycles. The van der Waals surface area contributed by atoms with E-state index < -0.39 is 0 Å². The second kappa shape index (κ2) is 7.78. The molecule has 0 amide bonds. The van der Waals surface area contributed by atoms with Gasteiger partial charge in [0.25, 0.3) is 0 Å². The third-order valence-electron chi connectivity index (χ3n) is 4.50. The average Bonchev–Trinajstić information content (AvgIpc) is 2.96. The Morgan fingerprint density at radius 1 is 1.44 bits per heavy atom. The van der Waals surface area contributed by atoms with E-state index in [-0.39, 0.29) is 17.7 Å². The van der Waals surface area contributed by atoms with Gasteiger partial charge in [0, 0.05) is 13.1 Å². The predicted octanol–water partition coefficient (Wildman–Crippen LogP) is 3.56. The highest BCUT2D eigenvalue weighted by Gasteiger charge is 2.28. The average molecular weight is 346 g/mol. The summed E-state index contributed by atoms with van der Waals surface area (Å²) in [7, 11) is 0. The molecule has 134 valence electrons. The quantitative estimate of drug-likeness (QED) is 0.775. The van der Waals surface area contributed by atoms with Crippen LogP contribution < -0.4 is 0 Å². The van der Waals surface area contributed by atoms with E-state index in [1.165, 1.54) is 6.07 Å². The summed E-state index contributed by atoms with van der Waals surface area (Å²) < 4.78 is 24.7. The van der Waals surface area contributed by atoms with Gasteiger partial charge in [0.05, 0.1) is 23.8 Å². The number of hydrogen-bond acceptors (Lipinski definition) is 5. The first kappa shape index (κ1) is 17.6. The zero-order valence-corrected chi connectivity index (χ0v) is 14.6. The molecular formula is C19H23FN2O3. The molecule has 2 heterocycles. The number of carbonyl (C=O) groups is 1. The molecule has 1 aromatic heterocycles. The van der Waals surface area contributed by atoms with Crippen molar-refractivity contribution >= 4 is 5.97 Å². The Hall–Kier alpha value is -2.21. The zero-order valence-electron chi connectivity index (χ0n) is 14.6. The molecule has 0 N–H and O–H groups in total. The molecule has 6 heteroatoms. The molecule has 25 heavy (non-hydrogen) atoms. The van der Waals surface area contributed by atoms with Crippen molar-refractivity contribution < 1.29 is 18.3 Å². The molecule has 5 nitrogen and oxygen atoms in total. The van der Waals surface area contributed by atoms with E-state index in [4.69, 9.17) is 9.15 Å². The first-order chi connectivity index (χ1) is 12.1. The van der Waals surface area contributed by atoms with Crippen LogP contribution >= 0.6 is 0 Å². The monoisotopic (exact) mass is 346 g/mol. The number of piperidine rings is 1. The number of ether oxygens (including phenoxy) is 1. The summed E-state index contributed by atoms with van der Waals surface area (Å²) in [4.78, 5) is 18.6. The number of halogens is 1. The van der Waals surface area contributed by atoms with Crippen LogP contribution in [0, 0.1) is 18.7 Å². The number of nitrogens with zero attached hydrogens (tertiary/aromatic N) is 2. The van der Waals surface area contributed by atoms with Crippen LogP contribution in [0.3, 0.4) is 0 Å². The van der Waals surface area contributed by atoms with E-state index in [0.717, 1.165) is 25.1 Å². The molecule has 0 saturated carbocycles. The SMILES string of the molecule is CCOC(=O)[C@H]1CCCN(Cc2nc(-c3ccccc3F)oc2C)C1. The predicted molar refractivity (Wildman–Crippen MR) is 91.3 cm³/mol. The van der Waals surface area contributed by atoms with Gasteiger partial charge in [0.2, 0.25) is 5.89 Å². The maximum absolute atomic E-state index is 13.9. The number of oxazole rings is 1. The van der Waals surface area contributed by atoms with E-state index >= 15 is 0 Å². The molecule has 1 atom stereocenters. The number of likely N-dealkylation sites (tertiary alicyclic amines) is 1. The van der Waals surface area contributed by atoms with Gasteiger partial charge in [-0.1, -0.05) is 12.1 Å². The number of benzene rings is 1. The minimum absolute atomic E-state index is 0.0908. The molecule has 1 aliphatic rings. The lowest BCUT2D eigenvalue weighted by Crippen LogP contribution is -2.39. The third-order valence-corrected chi connectivity index (χ3v) is 4.50. The van der Waals surface area contributed by atoms with Crippen molar-refractivity contribution in [2.24, 2.45) is 5.92 Å². The molecule has 1 aliphatic heterocycles. The first-order valence-electron chi connectivity index (χ1n) is 8.68. The maximum Gasteiger partial charge on any atom is 0.310 e. The smallest absolute Gasteiger partial charge is 0.310 e. The molecule has 0 radical (unpaired) electrons. The highest BCUT2D eigenvalue weighted by Crippen LogP contribution is 2.26. The van der Waals surface area contributed by atoms with Gasteiger partial charge in [-0.2, -0.15) is 0 Å². The van der Waals surface area contributed by atoms with Gasteiger partial charge in [-0.05, 0) is 45.4 Å². The fraction of sp³-hybridized carbons (Fsp3) is 0.474. The molecule has 0 bridgehead atoms. The number of aryl methyl sites for hydroxylation is 1. The van der Waals surface area contributed by atoms with Crippen LogP contribution in [-0.2, 0) is 16.1 Å². The largest absolute Gasteiger partial charge is 0.466 e. The van der Waals surface area contributed by atoms with Gasteiger partial charge in [-0.15, -0.1) is 0 Å². The Morgan fingerprint density at radius 2 is 2.24 bits per heavy atom. The minimum Gasteiger partial charge on any atom is -0.466 e. The van der Waals surface area contributed by atoms with Gasteiger partial charge < -0.3 is 9.15 Å². The number of hydrogen-bond donors (Lipinski definition) is 0. The Labute approximate surface area is 146 Å². The molecule has 3 rings (SSSR count). The lowest BCUT2D eigenvalue weighted by atomic mass is 9.98. The van der Waals surface area contributed by atoms with Crippen molar-refractivity contribution in [3.05, 3.63) is 41.5 Å². The first-order valence-corrected chi connectivity index (χ1v) is 8.68. The summed E-state index contributed by atoms with van der Waals surface area (Å²) >= 11 is 0. The maximum atomic E-state index is 13.9. The third kappa shape index (κ3) is 4.07. The van der Waals surface area contributed by atoms with Crippen LogP contribution in [0.4, 0.5) is 4.39 Å². The van der Waals surface area contributed by atoms with Gasteiger partial charge in [-0.3, -0.25) is 9.69 Å². The Morgan fingerprint density at radius 3 is 3.00 bits per heavy atom. The molecule has 0 unspecified atom stereocenters. The van der Waals surface area contributed by atoms with E-state index in [1.807, 2.05) is 13.8 Å². The van der Waals surface area contributed by atoms with Crippen LogP contribution in [0.15, 0.2) is 28.7 Å². The Bertz CT molecular complexity index is 744. The highest BCUT2D eigenvalue weighted by molar-refractivity contribution is 5.72. The van der Waals surface area contributed by atoms with Gasteiger partial charge in [-0.25, -0.2) is 9.37 Å². The zero-order chi connectivity index (χ0) is 17.8. The van der Waals surface area contributed by atoms with Gasteiger partial charge in [0.15, 0.2) is 0 Å². The summed E-state index contributed by atoms with van der Waals surface area (Å²) in [6.07, 6.45) is 1.80. The summed E-state index contributed by atoms with van der Waals surface area (Å²) in [6.45, 7) is 6.20. The lowest BCUT2D eigenvalue weighted by Gasteiger charge is -2.30. The van der Waals surface area contributed by atoms with Crippen molar-refractivity contribution in [1.29, 1.82) is 0 Å². The van der Waals surface area contributed by atoms with E-state index in [0.29, 0.717) is 36.9 Å². The Kier molecular flexibility index (Phi) is 5.48. The molecular weight excluding hydrogens is 323 g/mol. The van der Waals surface area contributed by atoms with E-state index in [2.05, 4.69) is 9.88 Å². The molecule has 1 fully saturated rings. The van der Waals surface area contributed by atoms with Crippen LogP contribution in [-0.4, -0.2) is 35.5 Å². The van der Waals surface area contributed by atoms with Crippen LogP contribution in [0.1, 0.15) is 31.2 Å². The second-order valence-electron chi connectivity index (χ2n) is 6.33. The van der Waals surface area contributed by atoms with E-state index in [9.17, 15) is 9.18 Å². The van der Waals surface area contributed by atoms with Gasteiger partial charge in [0.1, 0.15) is 11.6 Å². The number of rotatable bonds is 5. The summed E-state index contributed by atoms with van der Waals surface area (Å²) in [6, 6.07) is 6.44. The summed E-state index contributed by atoms with van der Waals surface area (Å²) in [5, 5.41) is 0. The van der Waals surface area contributed by atoms with Crippen LogP contribution in [0.2, 0.25) is 0 Å². The van der Waals surface area contributed by atoms with E-state index in [1.54, 1.807) is 18.2 Å².